The van der Waals surface area contributed by atoms with Crippen molar-refractivity contribution in [2.45, 2.75) is 5.92 Å². The number of hydrogen-bond donors (Lipinski definition) is 0. The Morgan fingerprint density at radius 3 is 2.30 bits per heavy atom. The number of Topliss-reactive ketones (excluding diaryl/α,β-unsaturated/α-hetero) is 2. The van der Waals surface area contributed by atoms with Gasteiger partial charge in [-0.15, -0.1) is 11.3 Å². The van der Waals surface area contributed by atoms with Crippen LogP contribution < -0.4 is 0 Å². The smallest absolute Gasteiger partial charge is 0.215 e. The van der Waals surface area contributed by atoms with E-state index >= 15 is 0 Å². The van der Waals surface area contributed by atoms with Gasteiger partial charge in [0.2, 0.25) is 5.89 Å². The fourth-order valence-corrected chi connectivity index (χ4v) is 4.10. The van der Waals surface area contributed by atoms with E-state index in [1.807, 2.05) is 24.3 Å². The molecule has 5 heteroatoms. The molecule has 0 amide bonds. The molecule has 5 rings (SSSR count). The van der Waals surface area contributed by atoms with Gasteiger partial charge in [-0.3, -0.25) is 9.59 Å². The van der Waals surface area contributed by atoms with Crippen LogP contribution in [0, 0.1) is 0 Å². The highest BCUT2D eigenvalue weighted by atomic mass is 32.1. The highest BCUT2D eigenvalue weighted by Gasteiger charge is 2.42. The van der Waals surface area contributed by atoms with E-state index in [1.165, 1.54) is 11.3 Å². The predicted octanol–water partition coefficient (Wildman–Crippen LogP) is 4.21. The molecule has 4 aromatic rings. The molecule has 110 valence electrons. The number of carbonyl (C=O) groups is 2. The summed E-state index contributed by atoms with van der Waals surface area (Å²) in [7, 11) is 0. The number of nitrogens with zero attached hydrogens (tertiary/aromatic N) is 1. The topological polar surface area (TPSA) is 60.2 Å². The Morgan fingerprint density at radius 2 is 1.57 bits per heavy atom. The van der Waals surface area contributed by atoms with E-state index in [4.69, 9.17) is 4.42 Å². The lowest BCUT2D eigenvalue weighted by atomic mass is 10.0. The summed E-state index contributed by atoms with van der Waals surface area (Å²) in [6.45, 7) is 0. The number of aromatic nitrogens is 1. The third kappa shape index (κ3) is 1.62. The maximum Gasteiger partial charge on any atom is 0.215 e. The molecule has 2 aromatic heterocycles. The van der Waals surface area contributed by atoms with E-state index in [-0.39, 0.29) is 17.5 Å². The minimum absolute atomic E-state index is 0.197. The number of benzene rings is 2. The fourth-order valence-electron chi connectivity index (χ4n) is 3.10. The molecule has 0 unspecified atom stereocenters. The first-order valence-electron chi connectivity index (χ1n) is 7.19. The number of rotatable bonds is 1. The number of hydrogen-bond acceptors (Lipinski definition) is 5. The lowest BCUT2D eigenvalue weighted by molar-refractivity contribution is 0.0876. The average Bonchev–Trinajstić information content (AvgIpc) is 3.19. The van der Waals surface area contributed by atoms with Crippen molar-refractivity contribution in [2.24, 2.45) is 0 Å². The summed E-state index contributed by atoms with van der Waals surface area (Å²) in [4.78, 5) is 30.3. The first-order valence-corrected chi connectivity index (χ1v) is 8.01. The lowest BCUT2D eigenvalue weighted by Crippen LogP contribution is -2.13. The Morgan fingerprint density at radius 1 is 0.913 bits per heavy atom. The van der Waals surface area contributed by atoms with Crippen LogP contribution >= 0.6 is 11.3 Å². The zero-order chi connectivity index (χ0) is 15.6. The summed E-state index contributed by atoms with van der Waals surface area (Å²) in [6, 6.07) is 14.7. The van der Waals surface area contributed by atoms with Crippen molar-refractivity contribution in [3.63, 3.8) is 0 Å². The van der Waals surface area contributed by atoms with Gasteiger partial charge in [0, 0.05) is 21.2 Å². The second-order valence-corrected chi connectivity index (χ2v) is 6.52. The molecule has 0 bridgehead atoms. The van der Waals surface area contributed by atoms with Crippen LogP contribution in [0.2, 0.25) is 0 Å². The van der Waals surface area contributed by atoms with Crippen molar-refractivity contribution in [1.82, 2.24) is 4.98 Å². The first-order chi connectivity index (χ1) is 11.2. The third-order valence-corrected chi connectivity index (χ3v) is 5.23. The van der Waals surface area contributed by atoms with Gasteiger partial charge in [0.15, 0.2) is 27.9 Å². The minimum atomic E-state index is -0.953. The normalized spacial score (nSPS) is 15.0. The summed E-state index contributed by atoms with van der Waals surface area (Å²) >= 11 is 1.50. The zero-order valence-electron chi connectivity index (χ0n) is 11.8. The quantitative estimate of drug-likeness (QED) is 0.493. The molecule has 0 radical (unpaired) electrons. The van der Waals surface area contributed by atoms with Gasteiger partial charge in [-0.25, -0.2) is 4.98 Å². The Balaban J connectivity index is 1.69. The van der Waals surface area contributed by atoms with Crippen molar-refractivity contribution in [3.05, 3.63) is 65.5 Å². The molecule has 1 aliphatic carbocycles. The van der Waals surface area contributed by atoms with Crippen LogP contribution in [-0.4, -0.2) is 16.6 Å². The molecule has 2 heterocycles. The number of ketones is 2. The van der Waals surface area contributed by atoms with Crippen LogP contribution in [-0.2, 0) is 0 Å². The van der Waals surface area contributed by atoms with Crippen molar-refractivity contribution in [2.75, 3.05) is 0 Å². The summed E-state index contributed by atoms with van der Waals surface area (Å²) in [5, 5.41) is 0.960. The van der Waals surface area contributed by atoms with Crippen LogP contribution in [0.15, 0.2) is 52.9 Å². The fraction of sp³-hybridized carbons (Fsp3) is 0.0556. The van der Waals surface area contributed by atoms with E-state index in [0.29, 0.717) is 16.7 Å². The van der Waals surface area contributed by atoms with Crippen molar-refractivity contribution in [3.8, 4) is 0 Å². The van der Waals surface area contributed by atoms with Crippen LogP contribution in [0.25, 0.3) is 20.5 Å². The number of carbonyl (C=O) groups excluding carboxylic acids is 2. The Labute approximate surface area is 134 Å². The van der Waals surface area contributed by atoms with Gasteiger partial charge in [-0.2, -0.15) is 0 Å². The van der Waals surface area contributed by atoms with Crippen LogP contribution in [0.3, 0.4) is 0 Å². The molecule has 0 aliphatic heterocycles. The van der Waals surface area contributed by atoms with Gasteiger partial charge in [0.1, 0.15) is 0 Å². The summed E-state index contributed by atoms with van der Waals surface area (Å²) < 4.78 is 6.91. The Kier molecular flexibility index (Phi) is 2.41. The molecule has 23 heavy (non-hydrogen) atoms. The second kappa shape index (κ2) is 4.36. The van der Waals surface area contributed by atoms with Crippen LogP contribution in [0.5, 0.6) is 0 Å². The van der Waals surface area contributed by atoms with Crippen LogP contribution in [0.1, 0.15) is 32.5 Å². The monoisotopic (exact) mass is 319 g/mol. The van der Waals surface area contributed by atoms with E-state index in [0.717, 1.165) is 14.9 Å². The number of thiophene rings is 1. The van der Waals surface area contributed by atoms with Gasteiger partial charge in [0.25, 0.3) is 0 Å². The Bertz CT molecular complexity index is 1090. The maximum absolute atomic E-state index is 12.6. The molecule has 0 fully saturated rings. The molecule has 4 nitrogen and oxygen atoms in total. The van der Waals surface area contributed by atoms with Gasteiger partial charge < -0.3 is 4.42 Å². The Hall–Kier alpha value is -2.79. The first kappa shape index (κ1) is 12.7. The molecule has 2 aromatic carbocycles. The zero-order valence-corrected chi connectivity index (χ0v) is 12.6. The molecule has 0 atom stereocenters. The van der Waals surface area contributed by atoms with Crippen molar-refractivity contribution < 1.29 is 14.0 Å². The molecular weight excluding hydrogens is 310 g/mol. The molecule has 1 aliphatic rings. The lowest BCUT2D eigenvalue weighted by Gasteiger charge is -2.00. The third-order valence-electron chi connectivity index (χ3n) is 4.18. The molecule has 0 saturated carbocycles. The molecule has 0 saturated heterocycles. The molecule has 0 spiro atoms. The van der Waals surface area contributed by atoms with Gasteiger partial charge >= 0.3 is 0 Å². The van der Waals surface area contributed by atoms with Crippen molar-refractivity contribution >= 4 is 43.4 Å². The SMILES string of the molecule is O=C1c2ccccc2C(=O)C1c1nc2sc3ccccc3c2o1. The molecule has 0 N–H and O–H groups in total. The predicted molar refractivity (Wildman–Crippen MR) is 87.2 cm³/mol. The van der Waals surface area contributed by atoms with Gasteiger partial charge in [-0.1, -0.05) is 36.4 Å². The van der Waals surface area contributed by atoms with Crippen molar-refractivity contribution in [1.29, 1.82) is 0 Å². The highest BCUT2D eigenvalue weighted by molar-refractivity contribution is 7.25. The maximum atomic E-state index is 12.6. The minimum Gasteiger partial charge on any atom is -0.438 e. The highest BCUT2D eigenvalue weighted by Crippen LogP contribution is 2.39. The standard InChI is InChI=1S/C18H9NO3S/c20-14-9-5-1-2-6-10(9)15(21)13(14)17-19-18-16(22-17)11-7-3-4-8-12(11)23-18/h1-8,13H. The van der Waals surface area contributed by atoms with E-state index in [1.54, 1.807) is 24.3 Å². The largest absolute Gasteiger partial charge is 0.438 e. The molecular formula is C18H9NO3S. The number of oxazole rings is 1. The average molecular weight is 319 g/mol. The van der Waals surface area contributed by atoms with E-state index < -0.39 is 5.92 Å². The summed E-state index contributed by atoms with van der Waals surface area (Å²) in [5.41, 5.74) is 1.56. The van der Waals surface area contributed by atoms with E-state index in [2.05, 4.69) is 4.98 Å². The van der Waals surface area contributed by atoms with Crippen LogP contribution in [0.4, 0.5) is 0 Å². The second-order valence-electron chi connectivity index (χ2n) is 5.49. The number of fused-ring (bicyclic) bond motifs is 4. The van der Waals surface area contributed by atoms with Gasteiger partial charge in [-0.05, 0) is 12.1 Å². The van der Waals surface area contributed by atoms with E-state index in [9.17, 15) is 9.59 Å². The summed E-state index contributed by atoms with van der Waals surface area (Å²) in [6.07, 6.45) is 0. The van der Waals surface area contributed by atoms with Gasteiger partial charge in [0.05, 0.1) is 0 Å². The summed E-state index contributed by atoms with van der Waals surface area (Å²) in [5.74, 6) is -1.22.